The molecule has 2 N–H and O–H groups in total. The molecule has 0 saturated heterocycles. The molecule has 1 amide bonds. The summed E-state index contributed by atoms with van der Waals surface area (Å²) in [4.78, 5) is 25.0. The first-order chi connectivity index (χ1) is 8.49. The Balaban J connectivity index is 2.48. The van der Waals surface area contributed by atoms with Gasteiger partial charge in [-0.25, -0.2) is 0 Å². The predicted octanol–water partition coefficient (Wildman–Crippen LogP) is 0.771. The highest BCUT2D eigenvalue weighted by atomic mass is 16.5. The van der Waals surface area contributed by atoms with Gasteiger partial charge in [-0.15, -0.1) is 0 Å². The standard InChI is InChI=1S/C13H24N2O3/c1-9(6-12(16)18-3)13(17)15(2)11(8-14)7-10-4-5-10/h9-11H,4-8,14H2,1-3H3/t9-,11+/m1/s1. The summed E-state index contributed by atoms with van der Waals surface area (Å²) in [6, 6.07) is 0.0881. The zero-order chi connectivity index (χ0) is 13.7. The highest BCUT2D eigenvalue weighted by Gasteiger charge is 2.30. The van der Waals surface area contributed by atoms with Crippen LogP contribution < -0.4 is 5.73 Å². The molecule has 0 spiro atoms. The molecule has 2 atom stereocenters. The molecule has 0 unspecified atom stereocenters. The van der Waals surface area contributed by atoms with Crippen LogP contribution in [0.5, 0.6) is 0 Å². The fourth-order valence-corrected chi connectivity index (χ4v) is 2.10. The van der Waals surface area contributed by atoms with Gasteiger partial charge in [-0.2, -0.15) is 0 Å². The van der Waals surface area contributed by atoms with Crippen molar-refractivity contribution in [3.8, 4) is 0 Å². The number of amides is 1. The molecule has 0 heterocycles. The summed E-state index contributed by atoms with van der Waals surface area (Å²) in [6.07, 6.45) is 3.59. The van der Waals surface area contributed by atoms with E-state index in [1.807, 2.05) is 0 Å². The molecule has 1 rings (SSSR count). The third-order valence-corrected chi connectivity index (χ3v) is 3.59. The van der Waals surface area contributed by atoms with Crippen molar-refractivity contribution in [1.29, 1.82) is 0 Å². The van der Waals surface area contributed by atoms with Crippen LogP contribution in [0.15, 0.2) is 0 Å². The fourth-order valence-electron chi connectivity index (χ4n) is 2.10. The Hall–Kier alpha value is -1.10. The average Bonchev–Trinajstić information content (AvgIpc) is 3.17. The SMILES string of the molecule is COC(=O)C[C@@H](C)C(=O)N(C)[C@H](CN)CC1CC1. The highest BCUT2D eigenvalue weighted by Crippen LogP contribution is 2.34. The Bertz CT molecular complexity index is 303. The molecular formula is C13H24N2O3. The summed E-state index contributed by atoms with van der Waals surface area (Å²) in [5, 5.41) is 0. The van der Waals surface area contributed by atoms with E-state index in [1.165, 1.54) is 20.0 Å². The minimum atomic E-state index is -0.351. The lowest BCUT2D eigenvalue weighted by molar-refractivity contribution is -0.146. The number of rotatable bonds is 7. The van der Waals surface area contributed by atoms with Gasteiger partial charge in [0.05, 0.1) is 13.5 Å². The number of esters is 1. The molecular weight excluding hydrogens is 232 g/mol. The number of carbonyl (C=O) groups is 2. The van der Waals surface area contributed by atoms with Crippen molar-refractivity contribution in [2.24, 2.45) is 17.6 Å². The van der Waals surface area contributed by atoms with E-state index in [-0.39, 0.29) is 30.3 Å². The second kappa shape index (κ2) is 6.73. The average molecular weight is 256 g/mol. The van der Waals surface area contributed by atoms with Crippen molar-refractivity contribution in [3.63, 3.8) is 0 Å². The number of hydrogen-bond acceptors (Lipinski definition) is 4. The monoisotopic (exact) mass is 256 g/mol. The number of ether oxygens (including phenoxy) is 1. The first kappa shape index (κ1) is 15.0. The predicted molar refractivity (Wildman–Crippen MR) is 68.8 cm³/mol. The molecule has 1 saturated carbocycles. The Kier molecular flexibility index (Phi) is 5.59. The Morgan fingerprint density at radius 1 is 1.44 bits per heavy atom. The summed E-state index contributed by atoms with van der Waals surface area (Å²) in [5.74, 6) is -0.00680. The van der Waals surface area contributed by atoms with Crippen LogP contribution in [0.3, 0.4) is 0 Å². The fraction of sp³-hybridized carbons (Fsp3) is 0.846. The summed E-state index contributed by atoms with van der Waals surface area (Å²) in [5.41, 5.74) is 5.73. The van der Waals surface area contributed by atoms with Gasteiger partial charge in [-0.3, -0.25) is 9.59 Å². The van der Waals surface area contributed by atoms with E-state index in [9.17, 15) is 9.59 Å². The zero-order valence-corrected chi connectivity index (χ0v) is 11.5. The molecule has 0 bridgehead atoms. The number of hydrogen-bond donors (Lipinski definition) is 1. The normalized spacial score (nSPS) is 18.0. The first-order valence-corrected chi connectivity index (χ1v) is 6.53. The highest BCUT2D eigenvalue weighted by molar-refractivity contribution is 5.83. The van der Waals surface area contributed by atoms with Crippen LogP contribution in [0.25, 0.3) is 0 Å². The number of nitrogens with zero attached hydrogens (tertiary/aromatic N) is 1. The van der Waals surface area contributed by atoms with Crippen LogP contribution in [0.2, 0.25) is 0 Å². The first-order valence-electron chi connectivity index (χ1n) is 6.53. The zero-order valence-electron chi connectivity index (χ0n) is 11.5. The molecule has 1 fully saturated rings. The van der Waals surface area contributed by atoms with E-state index < -0.39 is 0 Å². The Labute approximate surface area is 109 Å². The summed E-state index contributed by atoms with van der Waals surface area (Å²) in [6.45, 7) is 2.23. The van der Waals surface area contributed by atoms with Gasteiger partial charge >= 0.3 is 5.97 Å². The van der Waals surface area contributed by atoms with Gasteiger partial charge in [0.15, 0.2) is 0 Å². The lowest BCUT2D eigenvalue weighted by Crippen LogP contribution is -2.44. The van der Waals surface area contributed by atoms with E-state index in [2.05, 4.69) is 4.74 Å². The molecule has 0 aromatic carbocycles. The van der Waals surface area contributed by atoms with Crippen molar-refractivity contribution in [1.82, 2.24) is 4.90 Å². The molecule has 0 aromatic heterocycles. The van der Waals surface area contributed by atoms with Crippen molar-refractivity contribution in [2.45, 2.75) is 38.6 Å². The van der Waals surface area contributed by atoms with Gasteiger partial charge < -0.3 is 15.4 Å². The second-order valence-corrected chi connectivity index (χ2v) is 5.20. The minimum absolute atomic E-state index is 0.0310. The number of likely N-dealkylation sites (N-methyl/N-ethyl adjacent to an activating group) is 1. The summed E-state index contributed by atoms with van der Waals surface area (Å²) >= 11 is 0. The van der Waals surface area contributed by atoms with Crippen LogP contribution in [-0.4, -0.2) is 43.5 Å². The molecule has 1 aliphatic rings. The van der Waals surface area contributed by atoms with E-state index in [4.69, 9.17) is 5.73 Å². The number of nitrogens with two attached hydrogens (primary N) is 1. The van der Waals surface area contributed by atoms with Crippen molar-refractivity contribution in [2.75, 3.05) is 20.7 Å². The molecule has 104 valence electrons. The van der Waals surface area contributed by atoms with Crippen LogP contribution in [-0.2, 0) is 14.3 Å². The molecule has 0 aliphatic heterocycles. The summed E-state index contributed by atoms with van der Waals surface area (Å²) < 4.78 is 4.58. The lowest BCUT2D eigenvalue weighted by atomic mass is 10.0. The smallest absolute Gasteiger partial charge is 0.306 e. The van der Waals surface area contributed by atoms with Crippen LogP contribution in [0.4, 0.5) is 0 Å². The van der Waals surface area contributed by atoms with Crippen molar-refractivity contribution in [3.05, 3.63) is 0 Å². The van der Waals surface area contributed by atoms with Crippen molar-refractivity contribution >= 4 is 11.9 Å². The molecule has 0 aromatic rings. The number of methoxy groups -OCH3 is 1. The van der Waals surface area contributed by atoms with E-state index in [0.29, 0.717) is 6.54 Å². The molecule has 5 nitrogen and oxygen atoms in total. The van der Waals surface area contributed by atoms with E-state index in [0.717, 1.165) is 12.3 Å². The third-order valence-electron chi connectivity index (χ3n) is 3.59. The van der Waals surface area contributed by atoms with E-state index in [1.54, 1.807) is 18.9 Å². The largest absolute Gasteiger partial charge is 0.469 e. The quantitative estimate of drug-likeness (QED) is 0.683. The maximum absolute atomic E-state index is 12.2. The Morgan fingerprint density at radius 3 is 2.50 bits per heavy atom. The molecule has 0 radical (unpaired) electrons. The van der Waals surface area contributed by atoms with Gasteiger partial charge in [0.2, 0.25) is 5.91 Å². The minimum Gasteiger partial charge on any atom is -0.469 e. The van der Waals surface area contributed by atoms with Gasteiger partial charge in [0, 0.05) is 25.6 Å². The summed E-state index contributed by atoms with van der Waals surface area (Å²) in [7, 11) is 3.11. The maximum atomic E-state index is 12.2. The number of carbonyl (C=O) groups excluding carboxylic acids is 2. The lowest BCUT2D eigenvalue weighted by Gasteiger charge is -2.29. The van der Waals surface area contributed by atoms with Gasteiger partial charge in [-0.1, -0.05) is 19.8 Å². The van der Waals surface area contributed by atoms with Crippen molar-refractivity contribution < 1.29 is 14.3 Å². The van der Waals surface area contributed by atoms with Gasteiger partial charge in [-0.05, 0) is 12.3 Å². The maximum Gasteiger partial charge on any atom is 0.306 e. The van der Waals surface area contributed by atoms with E-state index >= 15 is 0 Å². The van der Waals surface area contributed by atoms with Gasteiger partial charge in [0.1, 0.15) is 0 Å². The topological polar surface area (TPSA) is 72.6 Å². The van der Waals surface area contributed by atoms with Crippen LogP contribution in [0.1, 0.15) is 32.6 Å². The van der Waals surface area contributed by atoms with Crippen LogP contribution in [0, 0.1) is 11.8 Å². The Morgan fingerprint density at radius 2 is 2.06 bits per heavy atom. The third kappa shape index (κ3) is 4.29. The molecule has 18 heavy (non-hydrogen) atoms. The van der Waals surface area contributed by atoms with Crippen LogP contribution >= 0.6 is 0 Å². The molecule has 1 aliphatic carbocycles. The second-order valence-electron chi connectivity index (χ2n) is 5.20. The molecule has 5 heteroatoms. The van der Waals surface area contributed by atoms with Gasteiger partial charge in [0.25, 0.3) is 0 Å².